The predicted molar refractivity (Wildman–Crippen MR) is 190 cm³/mol. The number of ketones is 1. The van der Waals surface area contributed by atoms with E-state index in [2.05, 4.69) is 10.6 Å². The number of carbonyl (C=O) groups is 6. The molecule has 53 heavy (non-hydrogen) atoms. The summed E-state index contributed by atoms with van der Waals surface area (Å²) in [6.07, 6.45) is 0.125. The van der Waals surface area contributed by atoms with E-state index in [0.29, 0.717) is 26.1 Å². The van der Waals surface area contributed by atoms with Crippen LogP contribution in [0.3, 0.4) is 0 Å². The molecule has 0 saturated carbocycles. The van der Waals surface area contributed by atoms with Crippen molar-refractivity contribution in [1.82, 2.24) is 10.6 Å². The van der Waals surface area contributed by atoms with Crippen molar-refractivity contribution < 1.29 is 52.8 Å². The number of nitrogens with zero attached hydrogens (tertiary/aromatic N) is 2. The Kier molecular flexibility index (Phi) is 13.1. The van der Waals surface area contributed by atoms with Gasteiger partial charge in [0.2, 0.25) is 11.8 Å². The van der Waals surface area contributed by atoms with E-state index in [1.807, 2.05) is 30.3 Å². The molecule has 280 valence electrons. The van der Waals surface area contributed by atoms with Gasteiger partial charge >= 0.3 is 5.97 Å². The van der Waals surface area contributed by atoms with Gasteiger partial charge in [-0.05, 0) is 49.1 Å². The number of cyclic esters (lactones) is 1. The maximum Gasteiger partial charge on any atom is 0.308 e. The van der Waals surface area contributed by atoms with Crippen molar-refractivity contribution in [2.24, 2.45) is 0 Å². The molecule has 1 unspecified atom stereocenters. The quantitative estimate of drug-likeness (QED) is 0.0897. The van der Waals surface area contributed by atoms with Gasteiger partial charge in [-0.2, -0.15) is 0 Å². The minimum atomic E-state index is -1.39. The lowest BCUT2D eigenvalue weighted by Gasteiger charge is -2.36. The van der Waals surface area contributed by atoms with E-state index in [1.54, 1.807) is 24.3 Å². The second-order valence-electron chi connectivity index (χ2n) is 12.4. The van der Waals surface area contributed by atoms with Crippen molar-refractivity contribution >= 4 is 46.8 Å². The zero-order chi connectivity index (χ0) is 37.9. The van der Waals surface area contributed by atoms with E-state index in [1.165, 1.54) is 37.3 Å². The zero-order valence-corrected chi connectivity index (χ0v) is 29.4. The molecule has 3 N–H and O–H groups in total. The van der Waals surface area contributed by atoms with Gasteiger partial charge in [0.05, 0.1) is 44.7 Å². The number of para-hydroxylation sites is 2. The monoisotopic (exact) mass is 730 g/mol. The Balaban J connectivity index is 1.33. The molecular weight excluding hydrogens is 688 g/mol. The number of rotatable bonds is 15. The number of aliphatic hydroxyl groups excluding tert-OH is 1. The van der Waals surface area contributed by atoms with Crippen molar-refractivity contribution in [2.45, 2.75) is 50.5 Å². The van der Waals surface area contributed by atoms with Crippen molar-refractivity contribution in [2.75, 3.05) is 50.3 Å². The third kappa shape index (κ3) is 9.36. The Morgan fingerprint density at radius 1 is 0.887 bits per heavy atom. The molecule has 3 atom stereocenters. The third-order valence-electron chi connectivity index (χ3n) is 8.93. The maximum absolute atomic E-state index is 14.3. The van der Waals surface area contributed by atoms with Crippen LogP contribution in [0.5, 0.6) is 11.5 Å². The molecule has 4 amide bonds. The van der Waals surface area contributed by atoms with Crippen LogP contribution < -0.4 is 29.9 Å². The van der Waals surface area contributed by atoms with Gasteiger partial charge < -0.3 is 39.6 Å². The average Bonchev–Trinajstić information content (AvgIpc) is 3.52. The van der Waals surface area contributed by atoms with Gasteiger partial charge in [0, 0.05) is 13.2 Å². The number of hydrogen-bond acceptors (Lipinski definition) is 11. The predicted octanol–water partition coefficient (Wildman–Crippen LogP) is 1.93. The van der Waals surface area contributed by atoms with Crippen molar-refractivity contribution in [3.8, 4) is 11.5 Å². The van der Waals surface area contributed by atoms with Crippen molar-refractivity contribution in [3.63, 3.8) is 0 Å². The van der Waals surface area contributed by atoms with Crippen LogP contribution in [-0.2, 0) is 40.1 Å². The fraction of sp³-hybridized carbons (Fsp3) is 0.368. The Labute approximate surface area is 306 Å². The van der Waals surface area contributed by atoms with Crippen molar-refractivity contribution in [1.29, 1.82) is 0 Å². The molecule has 0 radical (unpaired) electrons. The number of nitrogens with one attached hydrogen (secondary N) is 2. The normalized spacial score (nSPS) is 18.3. The number of carbonyl (C=O) groups excluding carboxylic acids is 6. The number of methoxy groups -OCH3 is 2. The van der Waals surface area contributed by atoms with Crippen LogP contribution in [0.1, 0.15) is 41.6 Å². The topological polar surface area (TPSA) is 190 Å². The first-order valence-corrected chi connectivity index (χ1v) is 17.1. The van der Waals surface area contributed by atoms with E-state index >= 15 is 0 Å². The molecule has 2 heterocycles. The largest absolute Gasteiger partial charge is 0.496 e. The molecule has 5 rings (SSSR count). The van der Waals surface area contributed by atoms with Gasteiger partial charge in [-0.3, -0.25) is 33.7 Å². The molecule has 3 aromatic carbocycles. The Morgan fingerprint density at radius 3 is 2.25 bits per heavy atom. The second-order valence-corrected chi connectivity index (χ2v) is 12.4. The summed E-state index contributed by atoms with van der Waals surface area (Å²) in [5, 5.41) is 15.1. The van der Waals surface area contributed by atoms with Crippen LogP contribution in [0.2, 0.25) is 0 Å². The summed E-state index contributed by atoms with van der Waals surface area (Å²) in [5.74, 6) is -4.57. The fourth-order valence-electron chi connectivity index (χ4n) is 6.34. The highest BCUT2D eigenvalue weighted by Gasteiger charge is 2.39. The third-order valence-corrected chi connectivity index (χ3v) is 8.93. The van der Waals surface area contributed by atoms with Gasteiger partial charge in [-0.25, -0.2) is 0 Å². The zero-order valence-electron chi connectivity index (χ0n) is 29.4. The lowest BCUT2D eigenvalue weighted by molar-refractivity contribution is -0.142. The van der Waals surface area contributed by atoms with Crippen LogP contribution in [0.15, 0.2) is 72.8 Å². The smallest absolute Gasteiger partial charge is 0.308 e. The van der Waals surface area contributed by atoms with Crippen LogP contribution in [0, 0.1) is 0 Å². The van der Waals surface area contributed by atoms with Crippen LogP contribution >= 0.6 is 0 Å². The summed E-state index contributed by atoms with van der Waals surface area (Å²) in [7, 11) is 2.65. The molecule has 1 saturated heterocycles. The number of hydrogen-bond donors (Lipinski definition) is 3. The lowest BCUT2D eigenvalue weighted by Crippen LogP contribution is -2.56. The number of amides is 4. The summed E-state index contributed by atoms with van der Waals surface area (Å²) in [6.45, 7) is -0.694. The van der Waals surface area contributed by atoms with E-state index in [0.717, 1.165) is 10.5 Å². The van der Waals surface area contributed by atoms with Gasteiger partial charge in [0.15, 0.2) is 0 Å². The first-order valence-electron chi connectivity index (χ1n) is 17.1. The maximum atomic E-state index is 14.3. The van der Waals surface area contributed by atoms with E-state index in [-0.39, 0.29) is 47.8 Å². The van der Waals surface area contributed by atoms with Crippen LogP contribution in [0.25, 0.3) is 0 Å². The van der Waals surface area contributed by atoms with Gasteiger partial charge in [-0.1, -0.05) is 48.5 Å². The summed E-state index contributed by atoms with van der Waals surface area (Å²) in [5.41, 5.74) is 1.27. The molecule has 2 aliphatic heterocycles. The molecule has 0 spiro atoms. The summed E-state index contributed by atoms with van der Waals surface area (Å²) in [6, 6.07) is 18.5. The second kappa shape index (κ2) is 18.1. The molecule has 15 nitrogen and oxygen atoms in total. The standard InChI is InChI=1S/C38H42N4O11/c1-50-30-14-8-15-31(51-2)35(30)36(47)37(48)40-25-17-18-41(33(45)22-43)27-12-6-7-13-28(27)42(38(25)49)21-32(44)39-26-20-34(46)53-29(26)16-9-19-52-23-24-10-4-3-5-11-24/h3-8,10-15,25-26,29,43H,9,16-23H2,1-2H3,(H,39,44)(H,40,48)/t25-,26-,29?/m0/s1. The molecule has 2 aliphatic rings. The highest BCUT2D eigenvalue weighted by atomic mass is 16.6. The van der Waals surface area contributed by atoms with Crippen LogP contribution in [0.4, 0.5) is 11.4 Å². The SMILES string of the molecule is COc1cccc(OC)c1C(=O)C(=O)N[C@H]1CCN(C(=O)CO)c2ccccc2N(CC(=O)N[C@H]2CC(=O)OC2CCCOCc2ccccc2)C1=O. The molecule has 3 aromatic rings. The summed E-state index contributed by atoms with van der Waals surface area (Å²) < 4.78 is 21.8. The van der Waals surface area contributed by atoms with Gasteiger partial charge in [-0.15, -0.1) is 0 Å². The van der Waals surface area contributed by atoms with Crippen LogP contribution in [-0.4, -0.2) is 99.2 Å². The number of esters is 1. The minimum absolute atomic E-state index is 0.0716. The summed E-state index contributed by atoms with van der Waals surface area (Å²) in [4.78, 5) is 82.4. The first kappa shape index (κ1) is 38.4. The molecule has 0 aliphatic carbocycles. The average molecular weight is 731 g/mol. The molecular formula is C38H42N4O11. The molecule has 15 heteroatoms. The highest BCUT2D eigenvalue weighted by molar-refractivity contribution is 6.44. The highest BCUT2D eigenvalue weighted by Crippen LogP contribution is 2.33. The summed E-state index contributed by atoms with van der Waals surface area (Å²) >= 11 is 0. The fourth-order valence-corrected chi connectivity index (χ4v) is 6.34. The first-order chi connectivity index (χ1) is 25.6. The Bertz CT molecular complexity index is 1800. The number of Topliss-reactive ketones (excluding diaryl/α,β-unsaturated/α-hetero) is 1. The number of benzene rings is 3. The number of fused-ring (bicyclic) bond motifs is 1. The van der Waals surface area contributed by atoms with E-state index in [9.17, 15) is 33.9 Å². The molecule has 0 bridgehead atoms. The lowest BCUT2D eigenvalue weighted by atomic mass is 10.0. The number of anilines is 2. The number of ether oxygens (including phenoxy) is 4. The Morgan fingerprint density at radius 2 is 1.57 bits per heavy atom. The van der Waals surface area contributed by atoms with Gasteiger partial charge in [0.1, 0.15) is 42.4 Å². The van der Waals surface area contributed by atoms with E-state index in [4.69, 9.17) is 18.9 Å². The van der Waals surface area contributed by atoms with E-state index < -0.39 is 66.7 Å². The number of aliphatic hydroxyl groups is 1. The molecule has 0 aromatic heterocycles. The van der Waals surface area contributed by atoms with Crippen molar-refractivity contribution in [3.05, 3.63) is 83.9 Å². The Hall–Kier alpha value is -5.80. The van der Waals surface area contributed by atoms with Gasteiger partial charge in [0.25, 0.3) is 17.6 Å². The molecule has 1 fully saturated rings. The minimum Gasteiger partial charge on any atom is -0.496 e.